The predicted molar refractivity (Wildman–Crippen MR) is 77.0 cm³/mol. The first-order valence-corrected chi connectivity index (χ1v) is 6.66. The summed E-state index contributed by atoms with van der Waals surface area (Å²) in [4.78, 5) is 22.3. The van der Waals surface area contributed by atoms with Crippen LogP contribution >= 0.6 is 11.8 Å². The molecule has 7 heteroatoms. The molecule has 5 N–H and O–H groups in total. The minimum atomic E-state index is -0.261. The average molecular weight is 277 g/mol. The average Bonchev–Trinajstić information content (AvgIpc) is 2.34. The predicted octanol–water partition coefficient (Wildman–Crippen LogP) is 1.24. The molecule has 2 heterocycles. The Hall–Kier alpha value is -2.02. The molecule has 0 aliphatic carbocycles. The molecule has 0 unspecified atom stereocenters. The minimum absolute atomic E-state index is 0.208. The number of nitrogens with two attached hydrogens (primary N) is 2. The summed E-state index contributed by atoms with van der Waals surface area (Å²) in [7, 11) is 0. The summed E-state index contributed by atoms with van der Waals surface area (Å²) in [5.74, 6) is 0.780. The minimum Gasteiger partial charge on any atom is -0.398 e. The molecule has 0 saturated carbocycles. The number of thioether (sulfide) groups is 1. The Balaban J connectivity index is 2.19. The number of pyridine rings is 1. The second kappa shape index (κ2) is 5.31. The summed E-state index contributed by atoms with van der Waals surface area (Å²) >= 11 is 1.37. The van der Waals surface area contributed by atoms with E-state index in [0.29, 0.717) is 10.9 Å². The van der Waals surface area contributed by atoms with Crippen LogP contribution in [0.5, 0.6) is 0 Å². The first-order chi connectivity index (χ1) is 8.97. The monoisotopic (exact) mass is 277 g/mol. The van der Waals surface area contributed by atoms with Gasteiger partial charge in [-0.1, -0.05) is 11.8 Å². The molecule has 0 aliphatic heterocycles. The number of nitrogen functional groups attached to an aromatic ring is 2. The van der Waals surface area contributed by atoms with Gasteiger partial charge in [0.15, 0.2) is 5.16 Å². The van der Waals surface area contributed by atoms with Crippen molar-refractivity contribution in [1.29, 1.82) is 0 Å². The van der Waals surface area contributed by atoms with E-state index in [1.54, 1.807) is 6.20 Å². The van der Waals surface area contributed by atoms with E-state index < -0.39 is 0 Å². The van der Waals surface area contributed by atoms with Gasteiger partial charge in [0, 0.05) is 23.7 Å². The zero-order valence-electron chi connectivity index (χ0n) is 10.7. The van der Waals surface area contributed by atoms with Crippen molar-refractivity contribution < 1.29 is 0 Å². The fourth-order valence-corrected chi connectivity index (χ4v) is 2.50. The number of aromatic nitrogens is 3. The summed E-state index contributed by atoms with van der Waals surface area (Å²) < 4.78 is 0. The van der Waals surface area contributed by atoms with E-state index in [1.165, 1.54) is 17.8 Å². The number of nitrogens with zero attached hydrogens (tertiary/aromatic N) is 2. The standard InChI is InChI=1S/C12H15N5OS/c1-6-4-15-8(7(2)11(6)14)5-19-12-16-9(13)3-10(18)17-12/h3-4H,5H2,1-2H3,(H2,14,15)(H3,13,16,17,18). The van der Waals surface area contributed by atoms with Crippen LogP contribution in [0.25, 0.3) is 0 Å². The molecule has 0 aliphatic rings. The Kier molecular flexibility index (Phi) is 3.75. The number of rotatable bonds is 3. The molecular weight excluding hydrogens is 262 g/mol. The molecule has 100 valence electrons. The number of aryl methyl sites for hydroxylation is 1. The van der Waals surface area contributed by atoms with Crippen molar-refractivity contribution in [3.8, 4) is 0 Å². The third-order valence-corrected chi connectivity index (χ3v) is 3.65. The highest BCUT2D eigenvalue weighted by Gasteiger charge is 2.08. The molecule has 0 amide bonds. The Labute approximate surface area is 114 Å². The normalized spacial score (nSPS) is 10.6. The molecule has 2 aromatic rings. The van der Waals surface area contributed by atoms with Crippen LogP contribution in [-0.4, -0.2) is 15.0 Å². The molecule has 2 rings (SSSR count). The van der Waals surface area contributed by atoms with Crippen LogP contribution in [0.2, 0.25) is 0 Å². The number of H-pyrrole nitrogens is 1. The van der Waals surface area contributed by atoms with Crippen LogP contribution in [0, 0.1) is 13.8 Å². The lowest BCUT2D eigenvalue weighted by atomic mass is 10.1. The van der Waals surface area contributed by atoms with E-state index in [4.69, 9.17) is 11.5 Å². The highest BCUT2D eigenvalue weighted by atomic mass is 32.2. The van der Waals surface area contributed by atoms with Crippen molar-refractivity contribution >= 4 is 23.3 Å². The second-order valence-corrected chi connectivity index (χ2v) is 5.15. The number of hydrogen-bond donors (Lipinski definition) is 3. The Morgan fingerprint density at radius 1 is 1.37 bits per heavy atom. The molecule has 0 saturated heterocycles. The molecule has 0 aromatic carbocycles. The van der Waals surface area contributed by atoms with Gasteiger partial charge in [-0.25, -0.2) is 4.98 Å². The van der Waals surface area contributed by atoms with Gasteiger partial charge in [0.25, 0.3) is 5.56 Å². The molecule has 2 aromatic heterocycles. The summed E-state index contributed by atoms with van der Waals surface area (Å²) in [5, 5.41) is 0.477. The smallest absolute Gasteiger partial charge is 0.253 e. The summed E-state index contributed by atoms with van der Waals surface area (Å²) in [6, 6.07) is 1.25. The number of anilines is 2. The van der Waals surface area contributed by atoms with Gasteiger partial charge in [0.2, 0.25) is 0 Å². The van der Waals surface area contributed by atoms with Gasteiger partial charge in [-0.2, -0.15) is 0 Å². The third-order valence-electron chi connectivity index (χ3n) is 2.76. The van der Waals surface area contributed by atoms with Crippen LogP contribution < -0.4 is 17.0 Å². The van der Waals surface area contributed by atoms with Gasteiger partial charge < -0.3 is 16.5 Å². The molecule has 0 atom stereocenters. The van der Waals surface area contributed by atoms with E-state index in [2.05, 4.69) is 15.0 Å². The molecule has 0 radical (unpaired) electrons. The zero-order valence-corrected chi connectivity index (χ0v) is 11.5. The summed E-state index contributed by atoms with van der Waals surface area (Å²) in [5.41, 5.74) is 14.8. The van der Waals surface area contributed by atoms with E-state index in [-0.39, 0.29) is 11.4 Å². The topological polar surface area (TPSA) is 111 Å². The van der Waals surface area contributed by atoms with Crippen LogP contribution in [0.4, 0.5) is 11.5 Å². The van der Waals surface area contributed by atoms with E-state index in [1.807, 2.05) is 13.8 Å². The van der Waals surface area contributed by atoms with E-state index >= 15 is 0 Å². The van der Waals surface area contributed by atoms with Crippen LogP contribution in [0.15, 0.2) is 22.2 Å². The lowest BCUT2D eigenvalue weighted by molar-refractivity contribution is 0.943. The van der Waals surface area contributed by atoms with Crippen molar-refractivity contribution in [3.63, 3.8) is 0 Å². The quantitative estimate of drug-likeness (QED) is 0.575. The van der Waals surface area contributed by atoms with Gasteiger partial charge >= 0.3 is 0 Å². The molecule has 0 bridgehead atoms. The Morgan fingerprint density at radius 3 is 2.79 bits per heavy atom. The number of aromatic amines is 1. The van der Waals surface area contributed by atoms with Crippen molar-refractivity contribution in [1.82, 2.24) is 15.0 Å². The number of nitrogens with one attached hydrogen (secondary N) is 1. The molecule has 19 heavy (non-hydrogen) atoms. The largest absolute Gasteiger partial charge is 0.398 e. The second-order valence-electron chi connectivity index (χ2n) is 4.19. The summed E-state index contributed by atoms with van der Waals surface area (Å²) in [6.45, 7) is 3.85. The van der Waals surface area contributed by atoms with Crippen LogP contribution in [0.1, 0.15) is 16.8 Å². The van der Waals surface area contributed by atoms with Crippen molar-refractivity contribution in [3.05, 3.63) is 39.4 Å². The van der Waals surface area contributed by atoms with Crippen molar-refractivity contribution in [2.45, 2.75) is 24.8 Å². The zero-order chi connectivity index (χ0) is 14.0. The maximum absolute atomic E-state index is 11.3. The van der Waals surface area contributed by atoms with Gasteiger partial charge in [0.05, 0.1) is 5.69 Å². The lowest BCUT2D eigenvalue weighted by Crippen LogP contribution is -2.09. The highest BCUT2D eigenvalue weighted by Crippen LogP contribution is 2.24. The van der Waals surface area contributed by atoms with Crippen LogP contribution in [0.3, 0.4) is 0 Å². The maximum atomic E-state index is 11.3. The fraction of sp³-hybridized carbons (Fsp3) is 0.250. The molecular formula is C12H15N5OS. The SMILES string of the molecule is Cc1cnc(CSc2nc(N)cc(=O)[nH]2)c(C)c1N. The molecule has 0 fully saturated rings. The van der Waals surface area contributed by atoms with Crippen molar-refractivity contribution in [2.24, 2.45) is 0 Å². The highest BCUT2D eigenvalue weighted by molar-refractivity contribution is 7.98. The van der Waals surface area contributed by atoms with Gasteiger partial charge in [-0.05, 0) is 25.0 Å². The summed E-state index contributed by atoms with van der Waals surface area (Å²) in [6.07, 6.45) is 1.74. The first-order valence-electron chi connectivity index (χ1n) is 5.67. The Morgan fingerprint density at radius 2 is 2.11 bits per heavy atom. The maximum Gasteiger partial charge on any atom is 0.253 e. The molecule has 0 spiro atoms. The number of hydrogen-bond acceptors (Lipinski definition) is 6. The fourth-order valence-electron chi connectivity index (χ4n) is 1.60. The Bertz CT molecular complexity index is 668. The third kappa shape index (κ3) is 3.05. The lowest BCUT2D eigenvalue weighted by Gasteiger charge is -2.09. The van der Waals surface area contributed by atoms with Gasteiger partial charge in [0.1, 0.15) is 5.82 Å². The van der Waals surface area contributed by atoms with Crippen LogP contribution in [-0.2, 0) is 5.75 Å². The van der Waals surface area contributed by atoms with Gasteiger partial charge in [-0.3, -0.25) is 9.78 Å². The molecule has 6 nitrogen and oxygen atoms in total. The van der Waals surface area contributed by atoms with E-state index in [9.17, 15) is 4.79 Å². The van der Waals surface area contributed by atoms with Gasteiger partial charge in [-0.15, -0.1) is 0 Å². The van der Waals surface area contributed by atoms with Crippen molar-refractivity contribution in [2.75, 3.05) is 11.5 Å². The van der Waals surface area contributed by atoms with E-state index in [0.717, 1.165) is 22.5 Å². The first kappa shape index (κ1) is 13.4.